The Labute approximate surface area is 110 Å². The number of aromatic nitrogens is 2. The Balaban J connectivity index is 2.29. The van der Waals surface area contributed by atoms with E-state index in [1.165, 1.54) is 6.07 Å². The van der Waals surface area contributed by atoms with Crippen LogP contribution in [-0.2, 0) is 13.0 Å². The number of nitrogens with zero attached hydrogens (tertiary/aromatic N) is 3. The molecule has 0 unspecified atom stereocenters. The summed E-state index contributed by atoms with van der Waals surface area (Å²) in [5.41, 5.74) is 3.55. The van der Waals surface area contributed by atoms with E-state index in [-0.39, 0.29) is 5.69 Å². The lowest BCUT2D eigenvalue weighted by molar-refractivity contribution is -0.384. The van der Waals surface area contributed by atoms with Crippen LogP contribution in [0.2, 0.25) is 0 Å². The average molecular weight is 261 g/mol. The number of anilines is 1. The van der Waals surface area contributed by atoms with E-state index in [2.05, 4.69) is 10.4 Å². The van der Waals surface area contributed by atoms with Crippen molar-refractivity contribution in [3.8, 4) is 0 Å². The number of imidazole rings is 1. The molecule has 0 saturated heterocycles. The highest BCUT2D eigenvalue weighted by molar-refractivity contribution is 5.62. The number of nitrogens with one attached hydrogen (secondary N) is 1. The highest BCUT2D eigenvalue weighted by Gasteiger charge is 2.13. The van der Waals surface area contributed by atoms with Crippen LogP contribution in [0.5, 0.6) is 0 Å². The normalized spacial score (nSPS) is 10.4. The van der Waals surface area contributed by atoms with Gasteiger partial charge in [-0.05, 0) is 11.6 Å². The number of hydrazine groups is 1. The van der Waals surface area contributed by atoms with E-state index in [1.807, 2.05) is 17.7 Å². The van der Waals surface area contributed by atoms with Crippen LogP contribution in [-0.4, -0.2) is 14.5 Å². The molecule has 0 aliphatic heterocycles. The minimum absolute atomic E-state index is 0.0346. The summed E-state index contributed by atoms with van der Waals surface area (Å²) in [6.07, 6.45) is 4.46. The molecular weight excluding hydrogens is 246 g/mol. The van der Waals surface area contributed by atoms with E-state index in [1.54, 1.807) is 18.3 Å². The SMILES string of the molecule is CCc1nccn1Cc1ccc([N+](=O)[O-])c(NN)c1. The fourth-order valence-corrected chi connectivity index (χ4v) is 1.95. The molecular formula is C12H15N5O2. The molecule has 19 heavy (non-hydrogen) atoms. The van der Waals surface area contributed by atoms with E-state index < -0.39 is 4.92 Å². The van der Waals surface area contributed by atoms with Gasteiger partial charge in [-0.25, -0.2) is 4.98 Å². The summed E-state index contributed by atoms with van der Waals surface area (Å²) in [6, 6.07) is 4.85. The Morgan fingerprint density at radius 3 is 2.95 bits per heavy atom. The number of nitro benzene ring substituents is 1. The Hall–Kier alpha value is -2.41. The quantitative estimate of drug-likeness (QED) is 0.484. The molecule has 0 amide bonds. The summed E-state index contributed by atoms with van der Waals surface area (Å²) in [5, 5.41) is 10.8. The van der Waals surface area contributed by atoms with Gasteiger partial charge in [-0.15, -0.1) is 0 Å². The predicted octanol–water partition coefficient (Wildman–Crippen LogP) is 1.69. The van der Waals surface area contributed by atoms with Crippen LogP contribution in [0.25, 0.3) is 0 Å². The largest absolute Gasteiger partial charge is 0.331 e. The first-order valence-electron chi connectivity index (χ1n) is 5.89. The lowest BCUT2D eigenvalue weighted by atomic mass is 10.1. The zero-order chi connectivity index (χ0) is 13.8. The molecule has 0 saturated carbocycles. The van der Waals surface area contributed by atoms with Gasteiger partial charge in [0.25, 0.3) is 5.69 Å². The Morgan fingerprint density at radius 1 is 1.53 bits per heavy atom. The van der Waals surface area contributed by atoms with Crippen LogP contribution in [0.3, 0.4) is 0 Å². The Kier molecular flexibility index (Phi) is 3.76. The minimum Gasteiger partial charge on any atom is -0.331 e. The lowest BCUT2D eigenvalue weighted by Gasteiger charge is -2.08. The second kappa shape index (κ2) is 5.49. The summed E-state index contributed by atoms with van der Waals surface area (Å²) in [6.45, 7) is 2.64. The van der Waals surface area contributed by atoms with Crippen molar-refractivity contribution in [2.45, 2.75) is 19.9 Å². The summed E-state index contributed by atoms with van der Waals surface area (Å²) >= 11 is 0. The number of rotatable bonds is 5. The second-order valence-corrected chi connectivity index (χ2v) is 4.08. The van der Waals surface area contributed by atoms with Gasteiger partial charge >= 0.3 is 0 Å². The first-order valence-corrected chi connectivity index (χ1v) is 5.89. The zero-order valence-electron chi connectivity index (χ0n) is 10.5. The van der Waals surface area contributed by atoms with Gasteiger partial charge in [-0.2, -0.15) is 0 Å². The van der Waals surface area contributed by atoms with Gasteiger partial charge in [0, 0.05) is 31.4 Å². The molecule has 0 bridgehead atoms. The number of aryl methyl sites for hydroxylation is 1. The smallest absolute Gasteiger partial charge is 0.293 e. The molecule has 1 heterocycles. The fraction of sp³-hybridized carbons (Fsp3) is 0.250. The summed E-state index contributed by atoms with van der Waals surface area (Å²) in [7, 11) is 0. The third-order valence-electron chi connectivity index (χ3n) is 2.88. The standard InChI is InChI=1S/C12H15N5O2/c1-2-12-14-5-6-16(12)8-9-3-4-11(17(18)19)10(7-9)15-13/h3-7,15H,2,8,13H2,1H3. The topological polar surface area (TPSA) is 99.0 Å². The van der Waals surface area contributed by atoms with E-state index in [0.717, 1.165) is 17.8 Å². The third-order valence-corrected chi connectivity index (χ3v) is 2.88. The van der Waals surface area contributed by atoms with Crippen molar-refractivity contribution in [1.82, 2.24) is 9.55 Å². The molecule has 0 radical (unpaired) electrons. The highest BCUT2D eigenvalue weighted by Crippen LogP contribution is 2.24. The van der Waals surface area contributed by atoms with Gasteiger partial charge in [0.2, 0.25) is 0 Å². The number of hydrogen-bond acceptors (Lipinski definition) is 5. The van der Waals surface area contributed by atoms with E-state index in [4.69, 9.17) is 5.84 Å². The van der Waals surface area contributed by atoms with E-state index in [9.17, 15) is 10.1 Å². The molecule has 1 aromatic heterocycles. The molecule has 0 spiro atoms. The molecule has 7 heteroatoms. The van der Waals surface area contributed by atoms with Crippen molar-refractivity contribution < 1.29 is 4.92 Å². The van der Waals surface area contributed by atoms with Crippen molar-refractivity contribution in [3.63, 3.8) is 0 Å². The van der Waals surface area contributed by atoms with Gasteiger partial charge in [0.15, 0.2) is 0 Å². The number of nitrogens with two attached hydrogens (primary N) is 1. The molecule has 0 atom stereocenters. The van der Waals surface area contributed by atoms with Gasteiger partial charge < -0.3 is 9.99 Å². The number of nitro groups is 1. The highest BCUT2D eigenvalue weighted by atomic mass is 16.6. The Morgan fingerprint density at radius 2 is 2.32 bits per heavy atom. The van der Waals surface area contributed by atoms with Crippen LogP contribution >= 0.6 is 0 Å². The van der Waals surface area contributed by atoms with Gasteiger partial charge in [0.05, 0.1) is 4.92 Å². The van der Waals surface area contributed by atoms with Gasteiger partial charge in [-0.3, -0.25) is 16.0 Å². The first kappa shape index (κ1) is 13.0. The second-order valence-electron chi connectivity index (χ2n) is 4.08. The van der Waals surface area contributed by atoms with E-state index >= 15 is 0 Å². The van der Waals surface area contributed by atoms with Crippen molar-refractivity contribution in [2.24, 2.45) is 5.84 Å². The molecule has 0 fully saturated rings. The average Bonchev–Trinajstić information content (AvgIpc) is 2.85. The molecule has 0 aliphatic carbocycles. The maximum Gasteiger partial charge on any atom is 0.293 e. The van der Waals surface area contributed by atoms with Crippen LogP contribution in [0, 0.1) is 10.1 Å². The summed E-state index contributed by atoms with van der Waals surface area (Å²) in [5.74, 6) is 6.29. The summed E-state index contributed by atoms with van der Waals surface area (Å²) < 4.78 is 2.00. The van der Waals surface area contributed by atoms with Crippen molar-refractivity contribution in [3.05, 3.63) is 52.1 Å². The minimum atomic E-state index is -0.465. The number of hydrogen-bond donors (Lipinski definition) is 2. The van der Waals surface area contributed by atoms with Crippen LogP contribution < -0.4 is 11.3 Å². The van der Waals surface area contributed by atoms with E-state index in [0.29, 0.717) is 12.2 Å². The molecule has 2 rings (SSSR count). The molecule has 3 N–H and O–H groups in total. The zero-order valence-corrected chi connectivity index (χ0v) is 10.5. The molecule has 7 nitrogen and oxygen atoms in total. The van der Waals surface area contributed by atoms with Crippen molar-refractivity contribution in [1.29, 1.82) is 0 Å². The van der Waals surface area contributed by atoms with Crippen molar-refractivity contribution >= 4 is 11.4 Å². The lowest BCUT2D eigenvalue weighted by Crippen LogP contribution is -2.10. The predicted molar refractivity (Wildman–Crippen MR) is 71.6 cm³/mol. The fourth-order valence-electron chi connectivity index (χ4n) is 1.95. The van der Waals surface area contributed by atoms with Gasteiger partial charge in [-0.1, -0.05) is 13.0 Å². The number of nitrogen functional groups attached to an aromatic ring is 1. The first-order chi connectivity index (χ1) is 9.15. The van der Waals surface area contributed by atoms with Crippen LogP contribution in [0.15, 0.2) is 30.6 Å². The molecule has 1 aromatic carbocycles. The molecule has 2 aromatic rings. The number of benzene rings is 1. The maximum absolute atomic E-state index is 10.8. The van der Waals surface area contributed by atoms with Crippen LogP contribution in [0.1, 0.15) is 18.3 Å². The maximum atomic E-state index is 10.8. The summed E-state index contributed by atoms with van der Waals surface area (Å²) in [4.78, 5) is 14.6. The third kappa shape index (κ3) is 2.71. The van der Waals surface area contributed by atoms with Crippen molar-refractivity contribution in [2.75, 3.05) is 5.43 Å². The Bertz CT molecular complexity index is 594. The molecule has 100 valence electrons. The van der Waals surface area contributed by atoms with Gasteiger partial charge in [0.1, 0.15) is 11.5 Å². The molecule has 0 aliphatic rings. The monoisotopic (exact) mass is 261 g/mol. The van der Waals surface area contributed by atoms with Crippen LogP contribution in [0.4, 0.5) is 11.4 Å².